The maximum atomic E-state index is 14.7. The monoisotopic (exact) mass is 424 g/mol. The number of rotatable bonds is 9. The molecule has 0 N–H and O–H groups in total. The minimum absolute atomic E-state index is 0.179. The predicted molar refractivity (Wildman–Crippen MR) is 115 cm³/mol. The average Bonchev–Trinajstić information content (AvgIpc) is 3.62. The van der Waals surface area contributed by atoms with E-state index in [9.17, 15) is 13.2 Å². The van der Waals surface area contributed by atoms with Crippen molar-refractivity contribution in [2.75, 3.05) is 6.61 Å². The van der Waals surface area contributed by atoms with E-state index in [-0.39, 0.29) is 11.1 Å². The number of ether oxygens (including phenoxy) is 2. The van der Waals surface area contributed by atoms with E-state index in [2.05, 4.69) is 18.7 Å². The van der Waals surface area contributed by atoms with Crippen molar-refractivity contribution < 1.29 is 22.6 Å². The minimum Gasteiger partial charge on any atom is -0.489 e. The van der Waals surface area contributed by atoms with Crippen LogP contribution in [0, 0.1) is 5.82 Å². The van der Waals surface area contributed by atoms with Crippen LogP contribution in [0.25, 0.3) is 11.1 Å². The summed E-state index contributed by atoms with van der Waals surface area (Å²) in [4.78, 5) is 0. The molecule has 4 rings (SSSR count). The van der Waals surface area contributed by atoms with Crippen LogP contribution in [0.4, 0.5) is 13.2 Å². The lowest BCUT2D eigenvalue weighted by molar-refractivity contribution is 0.146. The number of alkyl halides is 2. The molecule has 1 aliphatic rings. The van der Waals surface area contributed by atoms with Crippen molar-refractivity contribution in [1.82, 2.24) is 0 Å². The molecule has 0 aromatic heterocycles. The molecule has 1 fully saturated rings. The van der Waals surface area contributed by atoms with E-state index in [0.29, 0.717) is 24.5 Å². The SMILES string of the molecule is C=CCCc1ccc(COc2ccc(-c3ccc(C4CO4)c(F)c3C(F)F)cc2)cc1. The zero-order chi connectivity index (χ0) is 21.8. The zero-order valence-corrected chi connectivity index (χ0v) is 17.0. The average molecular weight is 424 g/mol. The zero-order valence-electron chi connectivity index (χ0n) is 17.0. The van der Waals surface area contributed by atoms with Crippen molar-refractivity contribution >= 4 is 0 Å². The molecule has 1 unspecified atom stereocenters. The molecule has 0 spiro atoms. The van der Waals surface area contributed by atoms with Crippen LogP contribution >= 0.6 is 0 Å². The molecule has 1 saturated heterocycles. The highest BCUT2D eigenvalue weighted by molar-refractivity contribution is 5.69. The molecule has 1 heterocycles. The molecule has 3 aromatic carbocycles. The van der Waals surface area contributed by atoms with Gasteiger partial charge in [-0.2, -0.15) is 0 Å². The predicted octanol–water partition coefficient (Wildman–Crippen LogP) is 7.20. The second-order valence-electron chi connectivity index (χ2n) is 7.51. The number of allylic oxidation sites excluding steroid dienone is 1. The van der Waals surface area contributed by atoms with Gasteiger partial charge >= 0.3 is 0 Å². The molecular weight excluding hydrogens is 401 g/mol. The topological polar surface area (TPSA) is 21.8 Å². The van der Waals surface area contributed by atoms with Crippen LogP contribution < -0.4 is 4.74 Å². The van der Waals surface area contributed by atoms with Crippen LogP contribution in [0.5, 0.6) is 5.75 Å². The van der Waals surface area contributed by atoms with Crippen LogP contribution in [-0.2, 0) is 17.8 Å². The molecule has 0 radical (unpaired) electrons. The van der Waals surface area contributed by atoms with Gasteiger partial charge in [0.2, 0.25) is 0 Å². The summed E-state index contributed by atoms with van der Waals surface area (Å²) in [5.41, 5.74) is 2.57. The molecule has 0 bridgehead atoms. The first kappa shape index (κ1) is 21.2. The van der Waals surface area contributed by atoms with Gasteiger partial charge in [-0.05, 0) is 47.2 Å². The third-order valence-corrected chi connectivity index (χ3v) is 5.34. The van der Waals surface area contributed by atoms with E-state index in [1.807, 2.05) is 18.2 Å². The number of hydrogen-bond acceptors (Lipinski definition) is 2. The summed E-state index contributed by atoms with van der Waals surface area (Å²) in [5, 5.41) is 0. The first-order valence-corrected chi connectivity index (χ1v) is 10.2. The fraction of sp³-hybridized carbons (Fsp3) is 0.231. The first-order valence-electron chi connectivity index (χ1n) is 10.2. The van der Waals surface area contributed by atoms with E-state index in [0.717, 1.165) is 18.4 Å². The van der Waals surface area contributed by atoms with Crippen molar-refractivity contribution in [3.63, 3.8) is 0 Å². The summed E-state index contributed by atoms with van der Waals surface area (Å²) in [5.74, 6) is -0.270. The Kier molecular flexibility index (Phi) is 6.42. The third-order valence-electron chi connectivity index (χ3n) is 5.34. The Bertz CT molecular complexity index is 1040. The van der Waals surface area contributed by atoms with E-state index in [1.54, 1.807) is 24.3 Å². The number of halogens is 3. The van der Waals surface area contributed by atoms with Crippen LogP contribution in [0.1, 0.15) is 41.2 Å². The van der Waals surface area contributed by atoms with E-state index < -0.39 is 23.9 Å². The van der Waals surface area contributed by atoms with Crippen LogP contribution in [0.2, 0.25) is 0 Å². The molecule has 2 nitrogen and oxygen atoms in total. The third kappa shape index (κ3) is 5.00. The van der Waals surface area contributed by atoms with Gasteiger partial charge in [0.05, 0.1) is 12.2 Å². The number of epoxide rings is 1. The van der Waals surface area contributed by atoms with E-state index in [4.69, 9.17) is 9.47 Å². The van der Waals surface area contributed by atoms with Gasteiger partial charge in [0.15, 0.2) is 0 Å². The lowest BCUT2D eigenvalue weighted by atomic mass is 9.96. The van der Waals surface area contributed by atoms with Gasteiger partial charge in [-0.1, -0.05) is 54.6 Å². The highest BCUT2D eigenvalue weighted by atomic mass is 19.3. The second kappa shape index (κ2) is 9.40. The van der Waals surface area contributed by atoms with Gasteiger partial charge in [-0.15, -0.1) is 6.58 Å². The summed E-state index contributed by atoms with van der Waals surface area (Å²) >= 11 is 0. The Labute approximate surface area is 179 Å². The van der Waals surface area contributed by atoms with Crippen LogP contribution in [-0.4, -0.2) is 6.61 Å². The maximum Gasteiger partial charge on any atom is 0.267 e. The second-order valence-corrected chi connectivity index (χ2v) is 7.51. The van der Waals surface area contributed by atoms with E-state index >= 15 is 0 Å². The van der Waals surface area contributed by atoms with Crippen LogP contribution in [0.15, 0.2) is 73.3 Å². The largest absolute Gasteiger partial charge is 0.489 e. The molecular formula is C26H23F3O2. The van der Waals surface area contributed by atoms with Crippen molar-refractivity contribution in [2.45, 2.75) is 32.0 Å². The minimum atomic E-state index is -2.92. The Morgan fingerprint density at radius 1 is 1.00 bits per heavy atom. The molecule has 0 aliphatic carbocycles. The summed E-state index contributed by atoms with van der Waals surface area (Å²) in [6, 6.07) is 18.0. The molecule has 160 valence electrons. The Morgan fingerprint density at radius 3 is 2.29 bits per heavy atom. The molecule has 1 atom stereocenters. The smallest absolute Gasteiger partial charge is 0.267 e. The van der Waals surface area contributed by atoms with Gasteiger partial charge in [-0.25, -0.2) is 13.2 Å². The van der Waals surface area contributed by atoms with Gasteiger partial charge in [-0.3, -0.25) is 0 Å². The number of aryl methyl sites for hydroxylation is 1. The lowest BCUT2D eigenvalue weighted by Crippen LogP contribution is -2.00. The summed E-state index contributed by atoms with van der Waals surface area (Å²) in [7, 11) is 0. The number of benzene rings is 3. The summed E-state index contributed by atoms with van der Waals surface area (Å²) < 4.78 is 52.7. The summed E-state index contributed by atoms with van der Waals surface area (Å²) in [6.45, 7) is 4.49. The molecule has 1 aliphatic heterocycles. The first-order chi connectivity index (χ1) is 15.1. The summed E-state index contributed by atoms with van der Waals surface area (Å²) in [6.07, 6.45) is 0.464. The fourth-order valence-corrected chi connectivity index (χ4v) is 3.52. The molecule has 5 heteroatoms. The lowest BCUT2D eigenvalue weighted by Gasteiger charge is -2.14. The van der Waals surface area contributed by atoms with Gasteiger partial charge < -0.3 is 9.47 Å². The molecule has 3 aromatic rings. The van der Waals surface area contributed by atoms with Crippen molar-refractivity contribution in [1.29, 1.82) is 0 Å². The molecule has 0 amide bonds. The van der Waals surface area contributed by atoms with Crippen molar-refractivity contribution in [3.05, 3.63) is 101 Å². The maximum absolute atomic E-state index is 14.7. The Balaban J connectivity index is 1.46. The highest BCUT2D eigenvalue weighted by Gasteiger charge is 2.32. The van der Waals surface area contributed by atoms with Gasteiger partial charge in [0.1, 0.15) is 24.3 Å². The Hall–Kier alpha value is -3.05. The van der Waals surface area contributed by atoms with Crippen LogP contribution in [0.3, 0.4) is 0 Å². The van der Waals surface area contributed by atoms with E-state index in [1.165, 1.54) is 17.7 Å². The number of hydrogen-bond donors (Lipinski definition) is 0. The van der Waals surface area contributed by atoms with Gasteiger partial charge in [0, 0.05) is 5.56 Å². The normalized spacial score (nSPS) is 15.2. The quantitative estimate of drug-likeness (QED) is 0.268. The van der Waals surface area contributed by atoms with Crippen molar-refractivity contribution in [2.24, 2.45) is 0 Å². The Morgan fingerprint density at radius 2 is 1.68 bits per heavy atom. The highest BCUT2D eigenvalue weighted by Crippen LogP contribution is 2.40. The molecule has 0 saturated carbocycles. The van der Waals surface area contributed by atoms with Gasteiger partial charge in [0.25, 0.3) is 6.43 Å². The molecule has 31 heavy (non-hydrogen) atoms. The standard InChI is InChI=1S/C26H23F3O2/c1-2-3-4-17-5-7-18(8-6-17)15-30-20-11-9-19(10-12-20)21-13-14-22(23-16-31-23)25(27)24(21)26(28)29/h2,5-14,23,26H,1,3-4,15-16H2. The van der Waals surface area contributed by atoms with Crippen molar-refractivity contribution in [3.8, 4) is 16.9 Å². The fourth-order valence-electron chi connectivity index (χ4n) is 3.52.